The molecule has 0 saturated carbocycles. The van der Waals surface area contributed by atoms with E-state index in [9.17, 15) is 4.79 Å². The molecule has 1 aliphatic carbocycles. The van der Waals surface area contributed by atoms with E-state index in [2.05, 4.69) is 24.8 Å². The molecular weight excluding hydrogens is 390 g/mol. The van der Waals surface area contributed by atoms with Gasteiger partial charge in [-0.3, -0.25) is 4.90 Å². The first-order valence-corrected chi connectivity index (χ1v) is 11.8. The minimum absolute atomic E-state index is 0.0632. The van der Waals surface area contributed by atoms with Gasteiger partial charge in [0.2, 0.25) is 0 Å². The van der Waals surface area contributed by atoms with E-state index in [1.54, 1.807) is 13.4 Å². The van der Waals surface area contributed by atoms with Crippen LogP contribution < -0.4 is 9.47 Å². The number of hydrogen-bond acceptors (Lipinski definition) is 5. The summed E-state index contributed by atoms with van der Waals surface area (Å²) in [6.07, 6.45) is 10.7. The number of unbranched alkanes of at least 4 members (excludes halogenated alkanes) is 1. The van der Waals surface area contributed by atoms with Crippen molar-refractivity contribution in [3.63, 3.8) is 0 Å². The average Bonchev–Trinajstić information content (AvgIpc) is 3.40. The van der Waals surface area contributed by atoms with Crippen LogP contribution in [0.15, 0.2) is 29.1 Å². The zero-order valence-corrected chi connectivity index (χ0v) is 18.9. The van der Waals surface area contributed by atoms with Gasteiger partial charge in [-0.05, 0) is 74.9 Å². The van der Waals surface area contributed by atoms with Crippen molar-refractivity contribution in [2.24, 2.45) is 5.92 Å². The summed E-state index contributed by atoms with van der Waals surface area (Å²) in [6.45, 7) is 6.70. The first-order valence-electron chi connectivity index (χ1n) is 11.8. The molecule has 1 aromatic heterocycles. The number of likely N-dealkylation sites (tertiary alicyclic amines) is 1. The fourth-order valence-corrected chi connectivity index (χ4v) is 6.72. The van der Waals surface area contributed by atoms with Crippen molar-refractivity contribution in [3.05, 3.63) is 35.8 Å². The van der Waals surface area contributed by atoms with Gasteiger partial charge in [0, 0.05) is 29.0 Å². The molecule has 2 bridgehead atoms. The topological polar surface area (TPSA) is 51.9 Å². The van der Waals surface area contributed by atoms with Gasteiger partial charge in [-0.1, -0.05) is 13.3 Å². The molecular formula is C26H33NO4. The highest BCUT2D eigenvalue weighted by atomic mass is 16.5. The molecule has 0 amide bonds. The lowest BCUT2D eigenvalue weighted by Crippen LogP contribution is -2.62. The lowest BCUT2D eigenvalue weighted by molar-refractivity contribution is -0.108. The molecule has 2 aromatic rings. The summed E-state index contributed by atoms with van der Waals surface area (Å²) in [5, 5.41) is 0. The van der Waals surface area contributed by atoms with Crippen LogP contribution in [0.5, 0.6) is 11.5 Å². The van der Waals surface area contributed by atoms with Gasteiger partial charge in [-0.15, -0.1) is 0 Å². The standard InChI is InChI=1S/C26H33NO4/c1-4-5-10-27-11-9-26-17(2)31-25-23(29-3)15-19(18-8-13-30-16-18)20(24(25)26)14-22(27)21(26)7-6-12-28/h8,12-13,15-17,21-22H,4-7,9-11,14H2,1-3H3/t17?,21?,22?,26-/m1/s1. The monoisotopic (exact) mass is 423 g/mol. The normalized spacial score (nSPS) is 28.8. The maximum atomic E-state index is 11.4. The Morgan fingerprint density at radius 1 is 1.39 bits per heavy atom. The van der Waals surface area contributed by atoms with Crippen LogP contribution in [0.4, 0.5) is 0 Å². The van der Waals surface area contributed by atoms with E-state index in [1.165, 1.54) is 29.5 Å². The number of methoxy groups -OCH3 is 1. The van der Waals surface area contributed by atoms with Gasteiger partial charge in [0.1, 0.15) is 12.4 Å². The molecule has 3 unspecified atom stereocenters. The Bertz CT molecular complexity index is 953. The summed E-state index contributed by atoms with van der Waals surface area (Å²) in [4.78, 5) is 14.1. The predicted molar refractivity (Wildman–Crippen MR) is 120 cm³/mol. The molecule has 31 heavy (non-hydrogen) atoms. The van der Waals surface area contributed by atoms with E-state index in [4.69, 9.17) is 13.9 Å². The SMILES string of the molecule is CCCCN1CC[C@@]23c4c(c(-c5ccoc5)cc(OC)c4OC2C)CC1C3CCC=O. The van der Waals surface area contributed by atoms with Crippen LogP contribution in [0.1, 0.15) is 57.1 Å². The lowest BCUT2D eigenvalue weighted by atomic mass is 9.54. The second-order valence-electron chi connectivity index (χ2n) is 9.38. The average molecular weight is 424 g/mol. The fraction of sp³-hybridized carbons (Fsp3) is 0.577. The number of ether oxygens (including phenoxy) is 2. The predicted octanol–water partition coefficient (Wildman–Crippen LogP) is 5.00. The van der Waals surface area contributed by atoms with Gasteiger partial charge in [-0.25, -0.2) is 0 Å². The van der Waals surface area contributed by atoms with Gasteiger partial charge in [-0.2, -0.15) is 0 Å². The molecule has 1 saturated heterocycles. The highest BCUT2D eigenvalue weighted by molar-refractivity contribution is 5.76. The van der Waals surface area contributed by atoms with Crippen LogP contribution in [0.3, 0.4) is 0 Å². The van der Waals surface area contributed by atoms with Crippen molar-refractivity contribution in [2.45, 2.75) is 69.9 Å². The maximum absolute atomic E-state index is 11.4. The van der Waals surface area contributed by atoms with Crippen LogP contribution in [0, 0.1) is 5.92 Å². The van der Waals surface area contributed by atoms with Crippen LogP contribution in [0.25, 0.3) is 11.1 Å². The summed E-state index contributed by atoms with van der Waals surface area (Å²) in [7, 11) is 1.72. The van der Waals surface area contributed by atoms with Crippen LogP contribution in [0.2, 0.25) is 0 Å². The van der Waals surface area contributed by atoms with Crippen molar-refractivity contribution in [1.29, 1.82) is 0 Å². The van der Waals surface area contributed by atoms with Gasteiger partial charge in [0.25, 0.3) is 0 Å². The Hall–Kier alpha value is -2.27. The highest BCUT2D eigenvalue weighted by Gasteiger charge is 2.61. The minimum Gasteiger partial charge on any atom is -0.493 e. The van der Waals surface area contributed by atoms with E-state index in [1.807, 2.05) is 12.3 Å². The molecule has 1 aromatic carbocycles. The zero-order chi connectivity index (χ0) is 21.6. The number of furan rings is 1. The first-order chi connectivity index (χ1) is 15.2. The molecule has 1 fully saturated rings. The number of piperidine rings is 1. The van der Waals surface area contributed by atoms with Crippen LogP contribution in [-0.2, 0) is 16.6 Å². The van der Waals surface area contributed by atoms with Crippen molar-refractivity contribution in [2.75, 3.05) is 20.2 Å². The minimum atomic E-state index is -0.0632. The van der Waals surface area contributed by atoms with Gasteiger partial charge >= 0.3 is 0 Å². The lowest BCUT2D eigenvalue weighted by Gasteiger charge is -2.56. The van der Waals surface area contributed by atoms with Gasteiger partial charge in [0.05, 0.1) is 19.6 Å². The van der Waals surface area contributed by atoms with Crippen molar-refractivity contribution < 1.29 is 18.7 Å². The highest BCUT2D eigenvalue weighted by Crippen LogP contribution is 2.62. The van der Waals surface area contributed by atoms with Crippen LogP contribution in [-0.4, -0.2) is 43.5 Å². The molecule has 5 nitrogen and oxygen atoms in total. The Balaban J connectivity index is 1.72. The summed E-state index contributed by atoms with van der Waals surface area (Å²) in [6, 6.07) is 4.60. The maximum Gasteiger partial charge on any atom is 0.165 e. The van der Waals surface area contributed by atoms with Crippen LogP contribution >= 0.6 is 0 Å². The summed E-state index contributed by atoms with van der Waals surface area (Å²) >= 11 is 0. The van der Waals surface area contributed by atoms with E-state index >= 15 is 0 Å². The zero-order valence-electron chi connectivity index (χ0n) is 18.9. The molecule has 2 aliphatic heterocycles. The smallest absolute Gasteiger partial charge is 0.165 e. The third-order valence-electron chi connectivity index (χ3n) is 8.11. The second-order valence-corrected chi connectivity index (χ2v) is 9.38. The van der Waals surface area contributed by atoms with E-state index in [-0.39, 0.29) is 11.5 Å². The molecule has 5 heteroatoms. The molecule has 3 aliphatic rings. The number of hydrogen-bond donors (Lipinski definition) is 0. The van der Waals surface area contributed by atoms with Crippen molar-refractivity contribution in [1.82, 2.24) is 4.90 Å². The number of carbonyl (C=O) groups excluding carboxylic acids is 1. The number of aldehydes is 1. The van der Waals surface area contributed by atoms with Gasteiger partial charge < -0.3 is 18.7 Å². The van der Waals surface area contributed by atoms with Crippen molar-refractivity contribution >= 4 is 6.29 Å². The van der Waals surface area contributed by atoms with E-state index < -0.39 is 0 Å². The molecule has 5 rings (SSSR count). The number of nitrogens with zero attached hydrogens (tertiary/aromatic N) is 1. The molecule has 166 valence electrons. The number of carbonyl (C=O) groups is 1. The summed E-state index contributed by atoms with van der Waals surface area (Å²) in [5.41, 5.74) is 4.96. The Morgan fingerprint density at radius 2 is 2.26 bits per heavy atom. The third kappa shape index (κ3) is 2.96. The fourth-order valence-electron chi connectivity index (χ4n) is 6.72. The molecule has 0 N–H and O–H groups in total. The largest absolute Gasteiger partial charge is 0.493 e. The number of rotatable bonds is 8. The van der Waals surface area contributed by atoms with Gasteiger partial charge in [0.15, 0.2) is 11.5 Å². The Labute approximate surface area is 184 Å². The number of fused-ring (bicyclic) bond motifs is 1. The second kappa shape index (κ2) is 8.01. The molecule has 1 spiro atoms. The first kappa shape index (κ1) is 20.6. The molecule has 4 atom stereocenters. The molecule has 0 radical (unpaired) electrons. The Morgan fingerprint density at radius 3 is 2.97 bits per heavy atom. The van der Waals surface area contributed by atoms with Crippen molar-refractivity contribution in [3.8, 4) is 22.6 Å². The van der Waals surface area contributed by atoms with E-state index in [0.29, 0.717) is 18.4 Å². The Kier molecular flexibility index (Phi) is 5.33. The molecule has 3 heterocycles. The van der Waals surface area contributed by atoms with E-state index in [0.717, 1.165) is 55.7 Å². The quantitative estimate of drug-likeness (QED) is 0.559. The summed E-state index contributed by atoms with van der Waals surface area (Å²) < 4.78 is 17.8. The third-order valence-corrected chi connectivity index (χ3v) is 8.11. The summed E-state index contributed by atoms with van der Waals surface area (Å²) in [5.74, 6) is 2.14. The number of benzene rings is 1.